The number of Topliss-reactive ketones (excluding diaryl/α,β-unsaturated/α-hetero) is 1. The van der Waals surface area contributed by atoms with Crippen LogP contribution in [0.1, 0.15) is 16.8 Å². The van der Waals surface area contributed by atoms with Crippen LogP contribution in [0.15, 0.2) is 18.2 Å². The molecule has 86 valence electrons. The Balaban J connectivity index is 2.81. The van der Waals surface area contributed by atoms with Gasteiger partial charge in [0.15, 0.2) is 5.78 Å². The normalized spacial score (nSPS) is 12.2. The van der Waals surface area contributed by atoms with E-state index < -0.39 is 24.3 Å². The largest absolute Gasteiger partial charge is 0.479 e. The molecule has 3 nitrogen and oxygen atoms in total. The number of hydrogen-bond acceptors (Lipinski definition) is 2. The fourth-order valence-corrected chi connectivity index (χ4v) is 1.34. The van der Waals surface area contributed by atoms with E-state index in [4.69, 9.17) is 28.3 Å². The number of ketones is 1. The quantitative estimate of drug-likeness (QED) is 0.851. The van der Waals surface area contributed by atoms with Gasteiger partial charge in [-0.2, -0.15) is 0 Å². The smallest absolute Gasteiger partial charge is 0.338 e. The monoisotopic (exact) mass is 264 g/mol. The summed E-state index contributed by atoms with van der Waals surface area (Å²) in [6.45, 7) is 0. The van der Waals surface area contributed by atoms with Crippen molar-refractivity contribution in [3.05, 3.63) is 33.8 Å². The molecule has 1 rings (SSSR count). The number of carboxylic acid groups (broad SMARTS) is 1. The SMILES string of the molecule is O=C(C[C@@H](F)C(=O)O)c1ccc(Cl)c(Cl)c1. The third-order valence-electron chi connectivity index (χ3n) is 1.87. The van der Waals surface area contributed by atoms with Crippen molar-refractivity contribution in [3.8, 4) is 0 Å². The van der Waals surface area contributed by atoms with Crippen molar-refractivity contribution >= 4 is 35.0 Å². The Morgan fingerprint density at radius 2 is 1.94 bits per heavy atom. The minimum atomic E-state index is -2.21. The summed E-state index contributed by atoms with van der Waals surface area (Å²) in [6, 6.07) is 4.04. The standard InChI is InChI=1S/C10H7Cl2FO3/c11-6-2-1-5(3-7(6)12)9(14)4-8(13)10(15)16/h1-3,8H,4H2,(H,15,16)/t8-/m1/s1. The fourth-order valence-electron chi connectivity index (χ4n) is 1.04. The van der Waals surface area contributed by atoms with Crippen molar-refractivity contribution in [2.45, 2.75) is 12.6 Å². The van der Waals surface area contributed by atoms with Crippen LogP contribution in [0.2, 0.25) is 10.0 Å². The fraction of sp³-hybridized carbons (Fsp3) is 0.200. The van der Waals surface area contributed by atoms with Crippen LogP contribution in [0.4, 0.5) is 4.39 Å². The number of rotatable bonds is 4. The first-order valence-corrected chi connectivity index (χ1v) is 5.02. The highest BCUT2D eigenvalue weighted by molar-refractivity contribution is 6.42. The van der Waals surface area contributed by atoms with E-state index >= 15 is 0 Å². The predicted molar refractivity (Wildman–Crippen MR) is 57.9 cm³/mol. The van der Waals surface area contributed by atoms with Crippen LogP contribution in [0.3, 0.4) is 0 Å². The van der Waals surface area contributed by atoms with Crippen molar-refractivity contribution in [3.63, 3.8) is 0 Å². The van der Waals surface area contributed by atoms with Crippen LogP contribution in [-0.4, -0.2) is 23.0 Å². The molecule has 16 heavy (non-hydrogen) atoms. The lowest BCUT2D eigenvalue weighted by Gasteiger charge is -2.03. The van der Waals surface area contributed by atoms with E-state index in [9.17, 15) is 14.0 Å². The Bertz CT molecular complexity index is 434. The number of carbonyl (C=O) groups excluding carboxylic acids is 1. The maximum atomic E-state index is 12.8. The Hall–Kier alpha value is -1.13. The van der Waals surface area contributed by atoms with Crippen molar-refractivity contribution in [1.82, 2.24) is 0 Å². The Kier molecular flexibility index (Phi) is 4.26. The van der Waals surface area contributed by atoms with Gasteiger partial charge in [0.05, 0.1) is 16.5 Å². The van der Waals surface area contributed by atoms with E-state index in [1.54, 1.807) is 0 Å². The van der Waals surface area contributed by atoms with Crippen molar-refractivity contribution < 1.29 is 19.1 Å². The van der Waals surface area contributed by atoms with Crippen LogP contribution in [0.5, 0.6) is 0 Å². The molecule has 0 amide bonds. The molecule has 0 aliphatic heterocycles. The highest BCUT2D eigenvalue weighted by Crippen LogP contribution is 2.23. The third-order valence-corrected chi connectivity index (χ3v) is 2.61. The molecule has 0 spiro atoms. The lowest BCUT2D eigenvalue weighted by molar-refractivity contribution is -0.142. The number of carbonyl (C=O) groups is 2. The van der Waals surface area contributed by atoms with E-state index in [2.05, 4.69) is 0 Å². The topological polar surface area (TPSA) is 54.4 Å². The summed E-state index contributed by atoms with van der Waals surface area (Å²) in [7, 11) is 0. The Morgan fingerprint density at radius 1 is 1.31 bits per heavy atom. The summed E-state index contributed by atoms with van der Waals surface area (Å²) < 4.78 is 12.8. The van der Waals surface area contributed by atoms with Crippen LogP contribution in [0.25, 0.3) is 0 Å². The minimum absolute atomic E-state index is 0.137. The van der Waals surface area contributed by atoms with Gasteiger partial charge in [0.2, 0.25) is 6.17 Å². The summed E-state index contributed by atoms with van der Waals surface area (Å²) in [5.74, 6) is -2.29. The van der Waals surface area contributed by atoms with Gasteiger partial charge in [-0.25, -0.2) is 9.18 Å². The molecule has 1 N–H and O–H groups in total. The van der Waals surface area contributed by atoms with E-state index in [1.165, 1.54) is 18.2 Å². The van der Waals surface area contributed by atoms with Gasteiger partial charge < -0.3 is 5.11 Å². The Labute approximate surface area is 101 Å². The molecule has 0 radical (unpaired) electrons. The highest BCUT2D eigenvalue weighted by atomic mass is 35.5. The number of carboxylic acids is 1. The van der Waals surface area contributed by atoms with Gasteiger partial charge in [-0.3, -0.25) is 4.79 Å². The maximum Gasteiger partial charge on any atom is 0.338 e. The molecular weight excluding hydrogens is 258 g/mol. The van der Waals surface area contributed by atoms with Gasteiger partial charge in [0, 0.05) is 5.56 Å². The van der Waals surface area contributed by atoms with E-state index in [-0.39, 0.29) is 15.6 Å². The highest BCUT2D eigenvalue weighted by Gasteiger charge is 2.21. The molecule has 6 heteroatoms. The van der Waals surface area contributed by atoms with Gasteiger partial charge in [-0.1, -0.05) is 23.2 Å². The molecule has 0 aromatic heterocycles. The lowest BCUT2D eigenvalue weighted by Crippen LogP contribution is -2.18. The zero-order valence-corrected chi connectivity index (χ0v) is 9.43. The van der Waals surface area contributed by atoms with Crippen LogP contribution >= 0.6 is 23.2 Å². The zero-order valence-electron chi connectivity index (χ0n) is 7.91. The van der Waals surface area contributed by atoms with Gasteiger partial charge >= 0.3 is 5.97 Å². The van der Waals surface area contributed by atoms with E-state index in [0.29, 0.717) is 0 Å². The average molecular weight is 265 g/mol. The molecular formula is C10H7Cl2FO3. The maximum absolute atomic E-state index is 12.8. The van der Waals surface area contributed by atoms with Crippen molar-refractivity contribution in [1.29, 1.82) is 0 Å². The zero-order chi connectivity index (χ0) is 12.3. The number of benzene rings is 1. The second-order valence-electron chi connectivity index (χ2n) is 3.06. The van der Waals surface area contributed by atoms with E-state index in [1.807, 2.05) is 0 Å². The van der Waals surface area contributed by atoms with Crippen LogP contribution in [-0.2, 0) is 4.79 Å². The predicted octanol–water partition coefficient (Wildman–Crippen LogP) is 2.99. The van der Waals surface area contributed by atoms with Gasteiger partial charge in [0.1, 0.15) is 0 Å². The first-order valence-electron chi connectivity index (χ1n) is 4.27. The van der Waals surface area contributed by atoms with Gasteiger partial charge in [-0.15, -0.1) is 0 Å². The van der Waals surface area contributed by atoms with Crippen LogP contribution in [0, 0.1) is 0 Å². The number of halogens is 3. The number of hydrogen-bond donors (Lipinski definition) is 1. The second-order valence-corrected chi connectivity index (χ2v) is 3.88. The summed E-state index contributed by atoms with van der Waals surface area (Å²) in [4.78, 5) is 21.6. The number of alkyl halides is 1. The second kappa shape index (κ2) is 5.27. The summed E-state index contributed by atoms with van der Waals surface area (Å²) in [5.41, 5.74) is 0.137. The van der Waals surface area contributed by atoms with Crippen molar-refractivity contribution in [2.75, 3.05) is 0 Å². The van der Waals surface area contributed by atoms with Gasteiger partial charge in [-0.05, 0) is 18.2 Å². The molecule has 0 bridgehead atoms. The first-order chi connectivity index (χ1) is 7.41. The average Bonchev–Trinajstić information content (AvgIpc) is 2.21. The number of aliphatic carboxylic acids is 1. The van der Waals surface area contributed by atoms with E-state index in [0.717, 1.165) is 0 Å². The molecule has 0 heterocycles. The molecule has 0 aliphatic rings. The molecule has 0 saturated heterocycles. The molecule has 0 aliphatic carbocycles. The van der Waals surface area contributed by atoms with Crippen molar-refractivity contribution in [2.24, 2.45) is 0 Å². The molecule has 0 fully saturated rings. The summed E-state index contributed by atoms with van der Waals surface area (Å²) >= 11 is 11.3. The summed E-state index contributed by atoms with van der Waals surface area (Å²) in [6.07, 6.45) is -2.92. The van der Waals surface area contributed by atoms with Gasteiger partial charge in [0.25, 0.3) is 0 Å². The molecule has 1 atom stereocenters. The summed E-state index contributed by atoms with van der Waals surface area (Å²) in [5, 5.41) is 8.74. The molecule has 1 aromatic rings. The third kappa shape index (κ3) is 3.18. The van der Waals surface area contributed by atoms with Crippen LogP contribution < -0.4 is 0 Å². The molecule has 0 saturated carbocycles. The molecule has 1 aromatic carbocycles. The molecule has 0 unspecified atom stereocenters. The lowest BCUT2D eigenvalue weighted by atomic mass is 10.1. The Morgan fingerprint density at radius 3 is 2.44 bits per heavy atom. The minimum Gasteiger partial charge on any atom is -0.479 e. The first kappa shape index (κ1) is 12.9.